The van der Waals surface area contributed by atoms with E-state index in [1.807, 2.05) is 42.6 Å². The number of aromatic nitrogens is 3. The first-order chi connectivity index (χ1) is 8.86. The molecule has 0 unspecified atom stereocenters. The molecule has 0 spiro atoms. The summed E-state index contributed by atoms with van der Waals surface area (Å²) in [6, 6.07) is 11.5. The molecular weight excluding hydrogens is 224 g/mol. The van der Waals surface area contributed by atoms with E-state index in [0.717, 1.165) is 22.6 Å². The minimum atomic E-state index is 0.754. The zero-order chi connectivity index (χ0) is 12.4. The zero-order valence-corrected chi connectivity index (χ0v) is 9.54. The molecule has 3 rings (SSSR count). The first-order valence-electron chi connectivity index (χ1n) is 5.49. The van der Waals surface area contributed by atoms with Crippen molar-refractivity contribution in [3.05, 3.63) is 54.5 Å². The highest BCUT2D eigenvalue weighted by molar-refractivity contribution is 5.73. The molecule has 0 atom stereocenters. The normalized spacial score (nSPS) is 10.2. The Hall–Kier alpha value is -2.80. The number of fused-ring (bicyclic) bond motifs is 1. The second-order valence-electron chi connectivity index (χ2n) is 3.80. The SMILES string of the molecule is C#Cc1cccc(Nc2ncnn3cccc23)c1. The summed E-state index contributed by atoms with van der Waals surface area (Å²) in [4.78, 5) is 4.24. The quantitative estimate of drug-likeness (QED) is 0.692. The Labute approximate surface area is 104 Å². The highest BCUT2D eigenvalue weighted by Crippen LogP contribution is 2.19. The van der Waals surface area contributed by atoms with Gasteiger partial charge < -0.3 is 5.32 Å². The fraction of sp³-hybridized carbons (Fsp3) is 0. The van der Waals surface area contributed by atoms with Crippen LogP contribution in [0.2, 0.25) is 0 Å². The average Bonchev–Trinajstić information content (AvgIpc) is 2.88. The molecule has 0 radical (unpaired) electrons. The third-order valence-electron chi connectivity index (χ3n) is 2.63. The van der Waals surface area contributed by atoms with Crippen LogP contribution in [0, 0.1) is 12.3 Å². The van der Waals surface area contributed by atoms with Crippen LogP contribution in [-0.2, 0) is 0 Å². The van der Waals surface area contributed by atoms with Crippen LogP contribution < -0.4 is 5.32 Å². The van der Waals surface area contributed by atoms with Crippen LogP contribution in [0.15, 0.2) is 48.9 Å². The number of benzene rings is 1. The summed E-state index contributed by atoms with van der Waals surface area (Å²) in [5.74, 6) is 3.36. The molecule has 2 heterocycles. The van der Waals surface area contributed by atoms with Gasteiger partial charge in [-0.2, -0.15) is 5.10 Å². The molecule has 86 valence electrons. The van der Waals surface area contributed by atoms with E-state index < -0.39 is 0 Å². The van der Waals surface area contributed by atoms with E-state index in [4.69, 9.17) is 6.42 Å². The molecular formula is C14H10N4. The van der Waals surface area contributed by atoms with Gasteiger partial charge in [0.15, 0.2) is 5.82 Å². The minimum absolute atomic E-state index is 0.754. The van der Waals surface area contributed by atoms with Crippen molar-refractivity contribution in [3.8, 4) is 12.3 Å². The van der Waals surface area contributed by atoms with E-state index in [1.165, 1.54) is 6.33 Å². The Morgan fingerprint density at radius 3 is 3.06 bits per heavy atom. The predicted molar refractivity (Wildman–Crippen MR) is 70.6 cm³/mol. The van der Waals surface area contributed by atoms with Crippen LogP contribution in [-0.4, -0.2) is 14.6 Å². The van der Waals surface area contributed by atoms with Crippen molar-refractivity contribution in [2.75, 3.05) is 5.32 Å². The van der Waals surface area contributed by atoms with Crippen LogP contribution in [0.3, 0.4) is 0 Å². The lowest BCUT2D eigenvalue weighted by molar-refractivity contribution is 0.906. The number of hydrogen-bond donors (Lipinski definition) is 1. The van der Waals surface area contributed by atoms with Crippen LogP contribution in [0.25, 0.3) is 5.52 Å². The molecule has 0 aliphatic carbocycles. The topological polar surface area (TPSA) is 42.2 Å². The molecule has 0 aliphatic rings. The lowest BCUT2D eigenvalue weighted by Crippen LogP contribution is -1.99. The molecule has 0 aliphatic heterocycles. The predicted octanol–water partition coefficient (Wildman–Crippen LogP) is 2.45. The highest BCUT2D eigenvalue weighted by Gasteiger charge is 2.03. The Bertz CT molecular complexity index is 737. The smallest absolute Gasteiger partial charge is 0.158 e. The van der Waals surface area contributed by atoms with Crippen molar-refractivity contribution >= 4 is 17.0 Å². The summed E-state index contributed by atoms with van der Waals surface area (Å²) in [5, 5.41) is 7.35. The number of terminal acetylenes is 1. The van der Waals surface area contributed by atoms with Crippen molar-refractivity contribution in [2.45, 2.75) is 0 Å². The molecule has 3 aromatic rings. The lowest BCUT2D eigenvalue weighted by atomic mass is 10.2. The molecule has 0 amide bonds. The maximum Gasteiger partial charge on any atom is 0.158 e. The molecule has 0 saturated heterocycles. The molecule has 0 fully saturated rings. The standard InChI is InChI=1S/C14H10N4/c1-2-11-5-3-6-12(9-11)17-14-13-7-4-8-18(13)16-10-15-14/h1,3-10H,(H,15,16,17). The second-order valence-corrected chi connectivity index (χ2v) is 3.80. The van der Waals surface area contributed by atoms with Gasteiger partial charge in [-0.1, -0.05) is 12.0 Å². The fourth-order valence-corrected chi connectivity index (χ4v) is 1.79. The van der Waals surface area contributed by atoms with E-state index in [0.29, 0.717) is 0 Å². The highest BCUT2D eigenvalue weighted by atomic mass is 15.2. The van der Waals surface area contributed by atoms with E-state index in [1.54, 1.807) is 4.52 Å². The van der Waals surface area contributed by atoms with Crippen LogP contribution in [0.1, 0.15) is 5.56 Å². The number of hydrogen-bond acceptors (Lipinski definition) is 3. The monoisotopic (exact) mass is 234 g/mol. The van der Waals surface area contributed by atoms with Crippen LogP contribution in [0.5, 0.6) is 0 Å². The maximum absolute atomic E-state index is 5.38. The van der Waals surface area contributed by atoms with Crippen molar-refractivity contribution in [2.24, 2.45) is 0 Å². The van der Waals surface area contributed by atoms with Crippen molar-refractivity contribution in [1.82, 2.24) is 14.6 Å². The van der Waals surface area contributed by atoms with Crippen molar-refractivity contribution in [1.29, 1.82) is 0 Å². The minimum Gasteiger partial charge on any atom is -0.338 e. The van der Waals surface area contributed by atoms with Gasteiger partial charge in [-0.15, -0.1) is 6.42 Å². The summed E-state index contributed by atoms with van der Waals surface area (Å²) >= 11 is 0. The maximum atomic E-state index is 5.38. The van der Waals surface area contributed by atoms with Gasteiger partial charge in [-0.25, -0.2) is 9.50 Å². The van der Waals surface area contributed by atoms with E-state index in [9.17, 15) is 0 Å². The van der Waals surface area contributed by atoms with Crippen LogP contribution in [0.4, 0.5) is 11.5 Å². The Balaban J connectivity index is 2.01. The van der Waals surface area contributed by atoms with Gasteiger partial charge in [0, 0.05) is 17.4 Å². The van der Waals surface area contributed by atoms with Gasteiger partial charge >= 0.3 is 0 Å². The molecule has 1 aromatic carbocycles. The van der Waals surface area contributed by atoms with Gasteiger partial charge in [-0.3, -0.25) is 0 Å². The molecule has 0 saturated carbocycles. The average molecular weight is 234 g/mol. The Kier molecular flexibility index (Phi) is 2.43. The molecule has 1 N–H and O–H groups in total. The van der Waals surface area contributed by atoms with Gasteiger partial charge in [0.1, 0.15) is 11.8 Å². The summed E-state index contributed by atoms with van der Waals surface area (Å²) in [6.45, 7) is 0. The van der Waals surface area contributed by atoms with Gasteiger partial charge in [0.2, 0.25) is 0 Å². The molecule has 2 aromatic heterocycles. The third-order valence-corrected chi connectivity index (χ3v) is 2.63. The summed E-state index contributed by atoms with van der Waals surface area (Å²) in [5.41, 5.74) is 2.66. The summed E-state index contributed by atoms with van der Waals surface area (Å²) in [7, 11) is 0. The number of nitrogens with one attached hydrogen (secondary N) is 1. The van der Waals surface area contributed by atoms with Crippen LogP contribution >= 0.6 is 0 Å². The Morgan fingerprint density at radius 2 is 2.17 bits per heavy atom. The molecule has 4 nitrogen and oxygen atoms in total. The third kappa shape index (κ3) is 1.78. The lowest BCUT2D eigenvalue weighted by Gasteiger charge is -2.07. The summed E-state index contributed by atoms with van der Waals surface area (Å²) < 4.78 is 1.76. The number of rotatable bonds is 2. The zero-order valence-electron chi connectivity index (χ0n) is 9.54. The molecule has 0 bridgehead atoms. The van der Waals surface area contributed by atoms with E-state index in [2.05, 4.69) is 21.3 Å². The van der Waals surface area contributed by atoms with E-state index in [-0.39, 0.29) is 0 Å². The number of nitrogens with zero attached hydrogens (tertiary/aromatic N) is 3. The Morgan fingerprint density at radius 1 is 1.22 bits per heavy atom. The first-order valence-corrected chi connectivity index (χ1v) is 5.49. The first kappa shape index (κ1) is 10.4. The fourth-order valence-electron chi connectivity index (χ4n) is 1.79. The largest absolute Gasteiger partial charge is 0.338 e. The van der Waals surface area contributed by atoms with E-state index >= 15 is 0 Å². The number of anilines is 2. The van der Waals surface area contributed by atoms with Gasteiger partial charge in [-0.05, 0) is 30.3 Å². The summed E-state index contributed by atoms with van der Waals surface area (Å²) in [6.07, 6.45) is 8.77. The van der Waals surface area contributed by atoms with Crippen molar-refractivity contribution < 1.29 is 0 Å². The molecule has 18 heavy (non-hydrogen) atoms. The molecule has 4 heteroatoms. The van der Waals surface area contributed by atoms with Gasteiger partial charge in [0.05, 0.1) is 0 Å². The van der Waals surface area contributed by atoms with Gasteiger partial charge in [0.25, 0.3) is 0 Å². The second kappa shape index (κ2) is 4.22. The van der Waals surface area contributed by atoms with Crippen molar-refractivity contribution in [3.63, 3.8) is 0 Å².